The van der Waals surface area contributed by atoms with Gasteiger partial charge in [0.1, 0.15) is 0 Å². The lowest BCUT2D eigenvalue weighted by atomic mass is 9.88. The van der Waals surface area contributed by atoms with Crippen LogP contribution in [0.15, 0.2) is 182 Å². The lowest BCUT2D eigenvalue weighted by Crippen LogP contribution is -2.08. The predicted molar refractivity (Wildman–Crippen MR) is 348 cm³/mol. The van der Waals surface area contributed by atoms with Crippen molar-refractivity contribution in [1.82, 2.24) is 0 Å². The molecule has 0 amide bonds. The van der Waals surface area contributed by atoms with Crippen LogP contribution in [0.25, 0.3) is 0 Å². The number of rotatable bonds is 6. The van der Waals surface area contributed by atoms with Gasteiger partial charge in [0.15, 0.2) is 0 Å². The summed E-state index contributed by atoms with van der Waals surface area (Å²) in [7, 11) is 0. The SMILES string of the molecule is CC.CC.CC.CC.CC.CC.CC(C)(C)Cc1ccccc1.CC(C)(C)Cc1ccccc1.CC(C)(C)Cc1ccccc1.CC(C)(C)Cc1ccccc1.CC(C)c1ccccc1.CC(C)c1ccccc1. The zero-order chi connectivity index (χ0) is 58.7. The van der Waals surface area contributed by atoms with Gasteiger partial charge in [-0.15, -0.1) is 0 Å². The maximum atomic E-state index is 2.26. The first-order valence-corrected chi connectivity index (χ1v) is 29.2. The fourth-order valence-electron chi connectivity index (χ4n) is 6.51. The Balaban J connectivity index is -0.000000180. The second kappa shape index (κ2) is 51.8. The van der Waals surface area contributed by atoms with Crippen LogP contribution in [-0.2, 0) is 25.7 Å². The number of benzene rings is 6. The largest absolute Gasteiger partial charge is 0.0683 e. The quantitative estimate of drug-likeness (QED) is 0.156. The zero-order valence-electron chi connectivity index (χ0n) is 54.3. The van der Waals surface area contributed by atoms with E-state index in [1.165, 1.54) is 33.4 Å². The van der Waals surface area contributed by atoms with E-state index in [-0.39, 0.29) is 0 Å². The predicted octanol–water partition coefficient (Wildman–Crippen LogP) is 24.9. The van der Waals surface area contributed by atoms with Gasteiger partial charge < -0.3 is 0 Å². The molecule has 0 aliphatic carbocycles. The Kier molecular flexibility index (Phi) is 56.5. The van der Waals surface area contributed by atoms with E-state index < -0.39 is 0 Å². The monoisotopic (exact) mass is 1010 g/mol. The molecule has 0 atom stereocenters. The molecule has 0 heterocycles. The Bertz CT molecular complexity index is 1640. The molecule has 0 N–H and O–H groups in total. The summed E-state index contributed by atoms with van der Waals surface area (Å²) < 4.78 is 0. The summed E-state index contributed by atoms with van der Waals surface area (Å²) in [5.74, 6) is 1.32. The van der Waals surface area contributed by atoms with E-state index in [2.05, 4.69) is 281 Å². The molecule has 0 unspecified atom stereocenters. The molecule has 6 aromatic rings. The molecule has 0 bridgehead atoms. The maximum Gasteiger partial charge on any atom is -0.0219 e. The van der Waals surface area contributed by atoms with Gasteiger partial charge >= 0.3 is 0 Å². The summed E-state index contributed by atoms with van der Waals surface area (Å²) in [4.78, 5) is 0. The average molecular weight is 1010 g/mol. The first-order valence-electron chi connectivity index (χ1n) is 29.2. The van der Waals surface area contributed by atoms with Gasteiger partial charge in [-0.1, -0.05) is 376 Å². The maximum absolute atomic E-state index is 2.26. The van der Waals surface area contributed by atoms with Crippen molar-refractivity contribution in [3.63, 3.8) is 0 Å². The molecule has 0 aliphatic rings. The summed E-state index contributed by atoms with van der Waals surface area (Å²) in [6.07, 6.45) is 4.64. The third-order valence-electron chi connectivity index (χ3n) is 9.24. The van der Waals surface area contributed by atoms with Crippen molar-refractivity contribution in [3.05, 3.63) is 215 Å². The molecule has 0 heteroatoms. The normalized spacial score (nSPS) is 9.81. The van der Waals surface area contributed by atoms with Crippen LogP contribution in [0.2, 0.25) is 0 Å². The zero-order valence-corrected chi connectivity index (χ0v) is 54.3. The van der Waals surface area contributed by atoms with E-state index in [9.17, 15) is 0 Å². The first-order chi connectivity index (χ1) is 34.9. The second-order valence-corrected chi connectivity index (χ2v) is 22.0. The Morgan fingerprint density at radius 3 is 0.432 bits per heavy atom. The molecule has 6 aromatic carbocycles. The first kappa shape index (κ1) is 80.7. The molecule has 74 heavy (non-hydrogen) atoms. The van der Waals surface area contributed by atoms with Crippen LogP contribution in [0.1, 0.15) is 239 Å². The number of hydrogen-bond donors (Lipinski definition) is 0. The molecule has 0 fully saturated rings. The molecule has 0 aromatic heterocycles. The molecule has 6 rings (SSSR count). The van der Waals surface area contributed by atoms with Crippen LogP contribution in [0.5, 0.6) is 0 Å². The van der Waals surface area contributed by atoms with E-state index in [1.807, 2.05) is 95.2 Å². The van der Waals surface area contributed by atoms with Crippen LogP contribution in [-0.4, -0.2) is 0 Å². The van der Waals surface area contributed by atoms with E-state index in [4.69, 9.17) is 0 Å². The van der Waals surface area contributed by atoms with Gasteiger partial charge in [-0.25, -0.2) is 0 Å². The van der Waals surface area contributed by atoms with E-state index in [1.54, 1.807) is 0 Å². The van der Waals surface area contributed by atoms with Crippen molar-refractivity contribution in [2.75, 3.05) is 0 Å². The molecular formula is C74H124. The minimum absolute atomic E-state index is 0.404. The second-order valence-electron chi connectivity index (χ2n) is 22.0. The van der Waals surface area contributed by atoms with Gasteiger partial charge in [-0.3, -0.25) is 0 Å². The Morgan fingerprint density at radius 2 is 0.338 bits per heavy atom. The van der Waals surface area contributed by atoms with Gasteiger partial charge in [0.2, 0.25) is 0 Å². The van der Waals surface area contributed by atoms with E-state index in [0.29, 0.717) is 33.5 Å². The van der Waals surface area contributed by atoms with Crippen LogP contribution in [0.4, 0.5) is 0 Å². The van der Waals surface area contributed by atoms with Crippen LogP contribution in [0, 0.1) is 21.7 Å². The molecule has 0 spiro atoms. The van der Waals surface area contributed by atoms with Crippen molar-refractivity contribution in [1.29, 1.82) is 0 Å². The topological polar surface area (TPSA) is 0 Å². The lowest BCUT2D eigenvalue weighted by Gasteiger charge is -2.17. The van der Waals surface area contributed by atoms with Crippen molar-refractivity contribution in [3.8, 4) is 0 Å². The van der Waals surface area contributed by atoms with Crippen molar-refractivity contribution < 1.29 is 0 Å². The van der Waals surface area contributed by atoms with Crippen LogP contribution >= 0.6 is 0 Å². The average Bonchev–Trinajstić information content (AvgIpc) is 3.38. The number of hydrogen-bond acceptors (Lipinski definition) is 0. The van der Waals surface area contributed by atoms with Gasteiger partial charge in [-0.2, -0.15) is 0 Å². The third-order valence-corrected chi connectivity index (χ3v) is 9.24. The van der Waals surface area contributed by atoms with Crippen molar-refractivity contribution in [2.45, 2.75) is 231 Å². The fourth-order valence-corrected chi connectivity index (χ4v) is 6.51. The summed E-state index contributed by atoms with van der Waals surface area (Å²) in [5, 5.41) is 0. The third kappa shape index (κ3) is 58.2. The van der Waals surface area contributed by atoms with Crippen molar-refractivity contribution >= 4 is 0 Å². The molecule has 0 aliphatic heterocycles. The Morgan fingerprint density at radius 1 is 0.216 bits per heavy atom. The molecule has 0 nitrogen and oxygen atoms in total. The Hall–Kier alpha value is -4.68. The van der Waals surface area contributed by atoms with Gasteiger partial charge in [-0.05, 0) is 92.6 Å². The highest BCUT2D eigenvalue weighted by atomic mass is 14.2. The van der Waals surface area contributed by atoms with Gasteiger partial charge in [0.25, 0.3) is 0 Å². The minimum atomic E-state index is 0.404. The smallest absolute Gasteiger partial charge is 0.0219 e. The van der Waals surface area contributed by atoms with Crippen molar-refractivity contribution in [2.24, 2.45) is 21.7 Å². The standard InChI is InChI=1S/4C11H16.2C9H12.6C2H6/c4*1-11(2,3)9-10-7-5-4-6-8-10;2*1-8(2)9-6-4-3-5-7-9;6*1-2/h4*4-8H,9H2,1-3H3;2*3-8H,1-2H3;6*1-2H3. The molecule has 0 radical (unpaired) electrons. The molecule has 420 valence electrons. The molecule has 0 saturated heterocycles. The Labute approximate surface area is 466 Å². The summed E-state index contributed by atoms with van der Waals surface area (Å²) in [5.41, 5.74) is 10.2. The lowest BCUT2D eigenvalue weighted by molar-refractivity contribution is 0.411. The molecule has 0 saturated carbocycles. The summed E-state index contributed by atoms with van der Waals surface area (Å²) in [6, 6.07) is 63.6. The minimum Gasteiger partial charge on any atom is -0.0683 e. The van der Waals surface area contributed by atoms with Gasteiger partial charge in [0, 0.05) is 0 Å². The highest BCUT2D eigenvalue weighted by molar-refractivity contribution is 5.20. The highest BCUT2D eigenvalue weighted by Crippen LogP contribution is 2.22. The van der Waals surface area contributed by atoms with E-state index >= 15 is 0 Å². The van der Waals surface area contributed by atoms with Crippen LogP contribution < -0.4 is 0 Å². The highest BCUT2D eigenvalue weighted by Gasteiger charge is 2.12. The summed E-state index contributed by atoms with van der Waals surface area (Å²) in [6.45, 7) is 60.0. The van der Waals surface area contributed by atoms with Crippen LogP contribution in [0.3, 0.4) is 0 Å². The molecular weight excluding hydrogens is 889 g/mol. The fraction of sp³-hybridized carbons (Fsp3) is 0.514. The van der Waals surface area contributed by atoms with E-state index in [0.717, 1.165) is 25.7 Å². The summed E-state index contributed by atoms with van der Waals surface area (Å²) >= 11 is 0. The van der Waals surface area contributed by atoms with Gasteiger partial charge in [0.05, 0.1) is 0 Å².